The van der Waals surface area contributed by atoms with Crippen LogP contribution in [0.15, 0.2) is 35.3 Å². The Labute approximate surface area is 130 Å². The molecule has 2 aromatic heterocycles. The number of fused-ring (bicyclic) bond motifs is 1. The zero-order valence-electron chi connectivity index (χ0n) is 12.5. The van der Waals surface area contributed by atoms with E-state index in [0.29, 0.717) is 23.5 Å². The first kappa shape index (κ1) is 15.0. The minimum Gasteiger partial charge on any atom is -0.490 e. The van der Waals surface area contributed by atoms with Gasteiger partial charge in [0.2, 0.25) is 0 Å². The van der Waals surface area contributed by atoms with Crippen molar-refractivity contribution < 1.29 is 13.9 Å². The van der Waals surface area contributed by atoms with Gasteiger partial charge in [-0.1, -0.05) is 0 Å². The molecular weight excluding hydrogens is 303 g/mol. The Morgan fingerprint density at radius 2 is 1.96 bits per heavy atom. The van der Waals surface area contributed by atoms with E-state index in [9.17, 15) is 9.18 Å². The van der Waals surface area contributed by atoms with Crippen LogP contribution in [0, 0.1) is 5.82 Å². The smallest absolute Gasteiger partial charge is 0.327 e. The van der Waals surface area contributed by atoms with E-state index in [2.05, 4.69) is 15.0 Å². The first-order valence-corrected chi connectivity index (χ1v) is 7.14. The van der Waals surface area contributed by atoms with E-state index in [1.54, 1.807) is 6.20 Å². The number of H-pyrrole nitrogens is 1. The molecule has 1 aromatic carbocycles. The summed E-state index contributed by atoms with van der Waals surface area (Å²) >= 11 is 0. The highest BCUT2D eigenvalue weighted by Gasteiger charge is 2.08. The molecule has 1 N–H and O–H groups in total. The lowest BCUT2D eigenvalue weighted by molar-refractivity contribution is 0.206. The molecule has 3 aromatic rings. The third kappa shape index (κ3) is 3.31. The third-order valence-electron chi connectivity index (χ3n) is 3.22. The van der Waals surface area contributed by atoms with Gasteiger partial charge in [0.05, 0.1) is 6.20 Å². The number of imidazole rings is 1. The lowest BCUT2D eigenvalue weighted by Gasteiger charge is -2.07. The maximum atomic E-state index is 12.8. The van der Waals surface area contributed by atoms with E-state index in [1.165, 1.54) is 28.8 Å². The summed E-state index contributed by atoms with van der Waals surface area (Å²) in [4.78, 5) is 22.5. The highest BCUT2D eigenvalue weighted by atomic mass is 19.1. The van der Waals surface area contributed by atoms with Gasteiger partial charge < -0.3 is 9.47 Å². The summed E-state index contributed by atoms with van der Waals surface area (Å²) in [6.07, 6.45) is 1.54. The minimum absolute atomic E-state index is 0.157. The van der Waals surface area contributed by atoms with Crippen molar-refractivity contribution in [3.8, 4) is 11.8 Å². The monoisotopic (exact) mass is 318 g/mol. The van der Waals surface area contributed by atoms with Crippen molar-refractivity contribution in [1.82, 2.24) is 19.5 Å². The summed E-state index contributed by atoms with van der Waals surface area (Å²) in [5.41, 5.74) is 0.835. The fourth-order valence-electron chi connectivity index (χ4n) is 2.13. The van der Waals surface area contributed by atoms with Crippen LogP contribution in [0.25, 0.3) is 11.2 Å². The second-order valence-electron chi connectivity index (χ2n) is 4.71. The van der Waals surface area contributed by atoms with Gasteiger partial charge >= 0.3 is 11.7 Å². The van der Waals surface area contributed by atoms with Crippen molar-refractivity contribution in [2.24, 2.45) is 0 Å². The maximum absolute atomic E-state index is 12.8. The van der Waals surface area contributed by atoms with E-state index >= 15 is 0 Å². The number of aromatic nitrogens is 4. The van der Waals surface area contributed by atoms with Gasteiger partial charge in [0.15, 0.2) is 5.65 Å². The molecule has 0 saturated carbocycles. The van der Waals surface area contributed by atoms with Crippen LogP contribution in [0.4, 0.5) is 4.39 Å². The van der Waals surface area contributed by atoms with Crippen molar-refractivity contribution in [3.63, 3.8) is 0 Å². The van der Waals surface area contributed by atoms with E-state index in [1.807, 2.05) is 6.92 Å². The van der Waals surface area contributed by atoms with Gasteiger partial charge in [-0.2, -0.15) is 4.98 Å². The fourth-order valence-corrected chi connectivity index (χ4v) is 2.13. The molecule has 0 aliphatic rings. The van der Waals surface area contributed by atoms with Crippen LogP contribution in [0.3, 0.4) is 0 Å². The lowest BCUT2D eigenvalue weighted by Crippen LogP contribution is -2.14. The zero-order valence-corrected chi connectivity index (χ0v) is 12.5. The van der Waals surface area contributed by atoms with Crippen LogP contribution in [0.2, 0.25) is 0 Å². The predicted molar refractivity (Wildman–Crippen MR) is 81.2 cm³/mol. The summed E-state index contributed by atoms with van der Waals surface area (Å²) in [6.45, 7) is 2.89. The second-order valence-corrected chi connectivity index (χ2v) is 4.71. The Balaban J connectivity index is 1.59. The predicted octanol–water partition coefficient (Wildman–Crippen LogP) is 1.74. The molecule has 0 atom stereocenters. The molecule has 2 heterocycles. The molecule has 7 nitrogen and oxygen atoms in total. The molecule has 0 amide bonds. The normalized spacial score (nSPS) is 10.9. The number of ether oxygens (including phenoxy) is 2. The molecule has 3 rings (SSSR count). The van der Waals surface area contributed by atoms with E-state index in [0.717, 1.165) is 0 Å². The van der Waals surface area contributed by atoms with Gasteiger partial charge in [-0.3, -0.25) is 9.55 Å². The number of benzene rings is 1. The van der Waals surface area contributed by atoms with Crippen molar-refractivity contribution in [2.75, 3.05) is 13.2 Å². The molecular formula is C15H15FN4O3. The highest BCUT2D eigenvalue weighted by Crippen LogP contribution is 2.12. The van der Waals surface area contributed by atoms with Crippen molar-refractivity contribution >= 4 is 11.2 Å². The molecule has 8 heteroatoms. The number of nitrogens with one attached hydrogen (secondary N) is 1. The van der Waals surface area contributed by atoms with Crippen LogP contribution in [-0.2, 0) is 6.54 Å². The Kier molecular flexibility index (Phi) is 4.22. The number of hydrogen-bond acceptors (Lipinski definition) is 5. The van der Waals surface area contributed by atoms with Crippen LogP contribution in [0.5, 0.6) is 11.8 Å². The molecule has 0 aliphatic heterocycles. The molecule has 0 unspecified atom stereocenters. The Hall–Kier alpha value is -2.90. The average molecular weight is 318 g/mol. The van der Waals surface area contributed by atoms with Gasteiger partial charge in [0, 0.05) is 6.54 Å². The minimum atomic E-state index is -0.316. The maximum Gasteiger partial charge on any atom is 0.327 e. The summed E-state index contributed by atoms with van der Waals surface area (Å²) in [6, 6.07) is 5.88. The van der Waals surface area contributed by atoms with E-state index in [-0.39, 0.29) is 30.7 Å². The van der Waals surface area contributed by atoms with Crippen LogP contribution in [0.1, 0.15) is 6.92 Å². The van der Waals surface area contributed by atoms with Crippen molar-refractivity contribution in [2.45, 2.75) is 13.5 Å². The Morgan fingerprint density at radius 1 is 1.22 bits per heavy atom. The number of rotatable bonds is 6. The first-order chi connectivity index (χ1) is 11.2. The second kappa shape index (κ2) is 6.47. The van der Waals surface area contributed by atoms with E-state index < -0.39 is 0 Å². The summed E-state index contributed by atoms with van der Waals surface area (Å²) in [5.74, 6) is 0.235. The van der Waals surface area contributed by atoms with Crippen LogP contribution in [-0.4, -0.2) is 32.7 Å². The average Bonchev–Trinajstić information content (AvgIpc) is 2.87. The third-order valence-corrected chi connectivity index (χ3v) is 3.22. The molecule has 120 valence electrons. The molecule has 0 bridgehead atoms. The summed E-state index contributed by atoms with van der Waals surface area (Å²) < 4.78 is 25.1. The fraction of sp³-hybridized carbons (Fsp3) is 0.267. The molecule has 0 radical (unpaired) electrons. The van der Waals surface area contributed by atoms with Gasteiger partial charge in [0.1, 0.15) is 30.3 Å². The lowest BCUT2D eigenvalue weighted by atomic mass is 10.3. The molecule has 23 heavy (non-hydrogen) atoms. The summed E-state index contributed by atoms with van der Waals surface area (Å²) in [7, 11) is 0. The van der Waals surface area contributed by atoms with Crippen molar-refractivity contribution in [1.29, 1.82) is 0 Å². The van der Waals surface area contributed by atoms with E-state index in [4.69, 9.17) is 9.47 Å². The zero-order chi connectivity index (χ0) is 16.2. The molecule has 0 fully saturated rings. The van der Waals surface area contributed by atoms with Crippen LogP contribution < -0.4 is 15.2 Å². The number of nitrogens with zero attached hydrogens (tertiary/aromatic N) is 3. The van der Waals surface area contributed by atoms with Crippen molar-refractivity contribution in [3.05, 3.63) is 46.8 Å². The summed E-state index contributed by atoms with van der Waals surface area (Å²) in [5, 5.41) is 0. The Bertz CT molecular complexity index is 857. The standard InChI is InChI=1S/C15H15FN4O3/c1-2-20-12-9-17-14(18-13(12)19-15(20)21)23-8-7-22-11-5-3-10(16)4-6-11/h3-6,9H,2,7-8H2,1H3,(H,17,18,19,21). The molecule has 0 saturated heterocycles. The number of aromatic amines is 1. The quantitative estimate of drug-likeness (QED) is 0.700. The van der Waals surface area contributed by atoms with Gasteiger partial charge in [0.25, 0.3) is 0 Å². The SMILES string of the molecule is CCn1c(=O)[nH]c2nc(OCCOc3ccc(F)cc3)ncc21. The largest absolute Gasteiger partial charge is 0.490 e. The number of hydrogen-bond donors (Lipinski definition) is 1. The molecule has 0 aliphatic carbocycles. The van der Waals surface area contributed by atoms with Gasteiger partial charge in [-0.15, -0.1) is 0 Å². The number of aryl methyl sites for hydroxylation is 1. The Morgan fingerprint density at radius 3 is 2.70 bits per heavy atom. The first-order valence-electron chi connectivity index (χ1n) is 7.14. The van der Waals surface area contributed by atoms with Gasteiger partial charge in [-0.05, 0) is 31.2 Å². The van der Waals surface area contributed by atoms with Gasteiger partial charge in [-0.25, -0.2) is 14.2 Å². The topological polar surface area (TPSA) is 82.0 Å². The number of halogens is 1. The van der Waals surface area contributed by atoms with Crippen LogP contribution >= 0.6 is 0 Å². The molecule has 0 spiro atoms. The highest BCUT2D eigenvalue weighted by molar-refractivity contribution is 5.69.